The summed E-state index contributed by atoms with van der Waals surface area (Å²) in [6, 6.07) is 1.80. The molecule has 3 unspecified atom stereocenters. The van der Waals surface area contributed by atoms with E-state index in [1.54, 1.807) is 0 Å². The lowest BCUT2D eigenvalue weighted by Crippen LogP contribution is -2.49. The minimum atomic E-state index is 0.363. The van der Waals surface area contributed by atoms with E-state index >= 15 is 0 Å². The predicted octanol–water partition coefficient (Wildman–Crippen LogP) is 2.77. The molecule has 2 aliphatic rings. The number of nitrogens with zero attached hydrogens (tertiary/aromatic N) is 1. The monoisotopic (exact) mass is 224 g/mol. The molecule has 2 rings (SSSR count). The maximum Gasteiger partial charge on any atom is 0.0221 e. The van der Waals surface area contributed by atoms with Gasteiger partial charge in [-0.15, -0.1) is 0 Å². The summed E-state index contributed by atoms with van der Waals surface area (Å²) in [7, 11) is 0. The second-order valence-electron chi connectivity index (χ2n) is 5.80. The fraction of sp³-hybridized carbons (Fsp3) is 1.00. The molecule has 0 aromatic heterocycles. The van der Waals surface area contributed by atoms with Gasteiger partial charge in [-0.2, -0.15) is 0 Å². The minimum Gasteiger partial charge on any atom is -0.326 e. The van der Waals surface area contributed by atoms with Crippen LogP contribution in [0.3, 0.4) is 0 Å². The van der Waals surface area contributed by atoms with Crippen molar-refractivity contribution in [1.82, 2.24) is 4.90 Å². The van der Waals surface area contributed by atoms with Crippen molar-refractivity contribution in [2.75, 3.05) is 6.54 Å². The van der Waals surface area contributed by atoms with Gasteiger partial charge in [-0.05, 0) is 51.5 Å². The van der Waals surface area contributed by atoms with Gasteiger partial charge in [-0.25, -0.2) is 0 Å². The number of rotatable bonds is 4. The summed E-state index contributed by atoms with van der Waals surface area (Å²) >= 11 is 0. The molecular formula is C14H28N2. The van der Waals surface area contributed by atoms with Crippen molar-refractivity contribution < 1.29 is 0 Å². The second kappa shape index (κ2) is 5.50. The zero-order valence-corrected chi connectivity index (χ0v) is 11.0. The second-order valence-corrected chi connectivity index (χ2v) is 5.80. The van der Waals surface area contributed by atoms with Crippen LogP contribution in [-0.2, 0) is 0 Å². The number of hydrogen-bond donors (Lipinski definition) is 1. The Morgan fingerprint density at radius 3 is 2.50 bits per heavy atom. The fourth-order valence-electron chi connectivity index (χ4n) is 3.76. The van der Waals surface area contributed by atoms with Crippen molar-refractivity contribution in [2.24, 2.45) is 11.7 Å². The molecule has 2 nitrogen and oxygen atoms in total. The van der Waals surface area contributed by atoms with Gasteiger partial charge in [0, 0.05) is 18.1 Å². The smallest absolute Gasteiger partial charge is 0.0221 e. The average molecular weight is 224 g/mol. The number of hydrogen-bond acceptors (Lipinski definition) is 2. The third kappa shape index (κ3) is 2.43. The van der Waals surface area contributed by atoms with E-state index in [2.05, 4.69) is 18.7 Å². The normalized spacial score (nSPS) is 32.1. The Kier molecular flexibility index (Phi) is 4.26. The summed E-state index contributed by atoms with van der Waals surface area (Å²) in [5, 5.41) is 0. The van der Waals surface area contributed by atoms with Gasteiger partial charge in [-0.3, -0.25) is 4.90 Å². The quantitative estimate of drug-likeness (QED) is 0.795. The maximum atomic E-state index is 6.22. The van der Waals surface area contributed by atoms with Crippen LogP contribution in [-0.4, -0.2) is 29.6 Å². The maximum absolute atomic E-state index is 6.22. The Balaban J connectivity index is 1.96. The van der Waals surface area contributed by atoms with Crippen molar-refractivity contribution in [3.63, 3.8) is 0 Å². The van der Waals surface area contributed by atoms with Gasteiger partial charge in [0.25, 0.3) is 0 Å². The summed E-state index contributed by atoms with van der Waals surface area (Å²) < 4.78 is 0. The van der Waals surface area contributed by atoms with Crippen LogP contribution in [0.25, 0.3) is 0 Å². The zero-order chi connectivity index (χ0) is 11.5. The molecule has 0 amide bonds. The van der Waals surface area contributed by atoms with Gasteiger partial charge in [0.15, 0.2) is 0 Å². The van der Waals surface area contributed by atoms with Gasteiger partial charge in [0.05, 0.1) is 0 Å². The summed E-state index contributed by atoms with van der Waals surface area (Å²) in [4.78, 5) is 2.73. The molecule has 0 aromatic carbocycles. The van der Waals surface area contributed by atoms with Crippen LogP contribution >= 0.6 is 0 Å². The molecular weight excluding hydrogens is 196 g/mol. The minimum absolute atomic E-state index is 0.363. The molecule has 0 radical (unpaired) electrons. The Hall–Kier alpha value is -0.0800. The van der Waals surface area contributed by atoms with Gasteiger partial charge in [0.1, 0.15) is 0 Å². The van der Waals surface area contributed by atoms with E-state index in [-0.39, 0.29) is 0 Å². The van der Waals surface area contributed by atoms with Crippen LogP contribution in [0.1, 0.15) is 58.8 Å². The highest BCUT2D eigenvalue weighted by molar-refractivity contribution is 4.92. The first kappa shape index (κ1) is 12.4. The number of nitrogens with two attached hydrogens (primary N) is 1. The van der Waals surface area contributed by atoms with Gasteiger partial charge in [-0.1, -0.05) is 19.8 Å². The molecule has 1 aliphatic heterocycles. The lowest BCUT2D eigenvalue weighted by Gasteiger charge is -2.36. The van der Waals surface area contributed by atoms with Crippen molar-refractivity contribution in [3.8, 4) is 0 Å². The standard InChI is InChI=1S/C14H28N2/c1-3-13(15)11(2)16-10-6-9-14(16)12-7-4-5-8-12/h11-14H,3-10,15H2,1-2H3. The highest BCUT2D eigenvalue weighted by Gasteiger charge is 2.36. The Morgan fingerprint density at radius 2 is 1.88 bits per heavy atom. The molecule has 0 aromatic rings. The molecule has 1 saturated carbocycles. The van der Waals surface area contributed by atoms with Crippen molar-refractivity contribution in [3.05, 3.63) is 0 Å². The van der Waals surface area contributed by atoms with E-state index < -0.39 is 0 Å². The largest absolute Gasteiger partial charge is 0.326 e. The molecule has 0 bridgehead atoms. The zero-order valence-electron chi connectivity index (χ0n) is 11.0. The van der Waals surface area contributed by atoms with Crippen molar-refractivity contribution >= 4 is 0 Å². The van der Waals surface area contributed by atoms with Gasteiger partial charge in [0.2, 0.25) is 0 Å². The van der Waals surface area contributed by atoms with E-state index in [9.17, 15) is 0 Å². The highest BCUT2D eigenvalue weighted by atomic mass is 15.2. The summed E-state index contributed by atoms with van der Waals surface area (Å²) in [5.74, 6) is 0.981. The van der Waals surface area contributed by atoms with Crippen molar-refractivity contribution in [2.45, 2.75) is 76.9 Å². The first-order valence-electron chi connectivity index (χ1n) is 7.25. The SMILES string of the molecule is CCC(N)C(C)N1CCCC1C1CCCC1. The van der Waals surface area contributed by atoms with Crippen LogP contribution < -0.4 is 5.73 Å². The Bertz CT molecular complexity index is 211. The van der Waals surface area contributed by atoms with E-state index in [1.807, 2.05) is 0 Å². The third-order valence-electron chi connectivity index (χ3n) is 4.90. The van der Waals surface area contributed by atoms with E-state index in [0.29, 0.717) is 12.1 Å². The fourth-order valence-corrected chi connectivity index (χ4v) is 3.76. The molecule has 2 N–H and O–H groups in total. The summed E-state index contributed by atoms with van der Waals surface area (Å²) in [5.41, 5.74) is 6.22. The number of likely N-dealkylation sites (tertiary alicyclic amines) is 1. The van der Waals surface area contributed by atoms with Gasteiger partial charge >= 0.3 is 0 Å². The van der Waals surface area contributed by atoms with E-state index in [4.69, 9.17) is 5.73 Å². The van der Waals surface area contributed by atoms with Gasteiger partial charge < -0.3 is 5.73 Å². The molecule has 0 spiro atoms. The van der Waals surface area contributed by atoms with Crippen LogP contribution in [0.5, 0.6) is 0 Å². The molecule has 16 heavy (non-hydrogen) atoms. The third-order valence-corrected chi connectivity index (χ3v) is 4.90. The molecule has 2 heteroatoms. The first-order valence-corrected chi connectivity index (χ1v) is 7.25. The summed E-state index contributed by atoms with van der Waals surface area (Å²) in [6.07, 6.45) is 9.78. The van der Waals surface area contributed by atoms with Crippen LogP contribution in [0.4, 0.5) is 0 Å². The molecule has 1 aliphatic carbocycles. The molecule has 1 saturated heterocycles. The van der Waals surface area contributed by atoms with Crippen LogP contribution in [0.15, 0.2) is 0 Å². The summed E-state index contributed by atoms with van der Waals surface area (Å²) in [6.45, 7) is 5.83. The molecule has 2 fully saturated rings. The van der Waals surface area contributed by atoms with Crippen LogP contribution in [0.2, 0.25) is 0 Å². The topological polar surface area (TPSA) is 29.3 Å². The lowest BCUT2D eigenvalue weighted by atomic mass is 9.94. The average Bonchev–Trinajstić information content (AvgIpc) is 2.95. The van der Waals surface area contributed by atoms with Crippen molar-refractivity contribution in [1.29, 1.82) is 0 Å². The predicted molar refractivity (Wildman–Crippen MR) is 69.4 cm³/mol. The Labute approximate surface area is 101 Å². The Morgan fingerprint density at radius 1 is 1.19 bits per heavy atom. The molecule has 1 heterocycles. The first-order chi connectivity index (χ1) is 7.74. The van der Waals surface area contributed by atoms with E-state index in [1.165, 1.54) is 45.1 Å². The molecule has 94 valence electrons. The van der Waals surface area contributed by atoms with E-state index in [0.717, 1.165) is 18.4 Å². The van der Waals surface area contributed by atoms with Crippen LogP contribution in [0, 0.1) is 5.92 Å². The molecule has 3 atom stereocenters. The lowest BCUT2D eigenvalue weighted by molar-refractivity contribution is 0.126. The highest BCUT2D eigenvalue weighted by Crippen LogP contribution is 2.36.